The summed E-state index contributed by atoms with van der Waals surface area (Å²) in [5.41, 5.74) is 6.18. The maximum atomic E-state index is 5.89. The molecule has 20 heavy (non-hydrogen) atoms. The first-order chi connectivity index (χ1) is 9.41. The van der Waals surface area contributed by atoms with E-state index in [1.165, 1.54) is 38.5 Å². The minimum Gasteiger partial charge on any atom is -0.330 e. The molecule has 2 nitrogen and oxygen atoms in total. The van der Waals surface area contributed by atoms with Crippen molar-refractivity contribution in [2.75, 3.05) is 6.54 Å². The molecule has 0 amide bonds. The molecular weight excluding hydrogens is 244 g/mol. The summed E-state index contributed by atoms with van der Waals surface area (Å²) < 4.78 is 0. The third-order valence-electron chi connectivity index (χ3n) is 4.18. The smallest absolute Gasteiger partial charge is 0.0470 e. The van der Waals surface area contributed by atoms with Gasteiger partial charge in [0.15, 0.2) is 0 Å². The highest BCUT2D eigenvalue weighted by molar-refractivity contribution is 5.57. The standard InChI is InChI=1S/C18H38N2/c1-6-7-8-9-10-11-12-13-20-16(2)14-17(15-19)18(3,4)5/h13,16-17H,6-12,14-15,19H2,1-5H3. The summed E-state index contributed by atoms with van der Waals surface area (Å²) in [5.74, 6) is 0.559. The first-order valence-corrected chi connectivity index (χ1v) is 8.63. The van der Waals surface area contributed by atoms with E-state index in [0.717, 1.165) is 19.4 Å². The molecule has 0 aromatic carbocycles. The molecule has 0 aliphatic heterocycles. The van der Waals surface area contributed by atoms with Crippen LogP contribution >= 0.6 is 0 Å². The van der Waals surface area contributed by atoms with Crippen LogP contribution in [0, 0.1) is 11.3 Å². The van der Waals surface area contributed by atoms with Crippen LogP contribution in [0.2, 0.25) is 0 Å². The van der Waals surface area contributed by atoms with E-state index in [4.69, 9.17) is 5.73 Å². The molecule has 0 radical (unpaired) electrons. The van der Waals surface area contributed by atoms with Gasteiger partial charge in [-0.05, 0) is 50.3 Å². The predicted octanol–water partition coefficient (Wildman–Crippen LogP) is 5.21. The van der Waals surface area contributed by atoms with E-state index in [1.807, 2.05) is 0 Å². The summed E-state index contributed by atoms with van der Waals surface area (Å²) in [4.78, 5) is 4.68. The van der Waals surface area contributed by atoms with Gasteiger partial charge >= 0.3 is 0 Å². The number of hydrogen-bond acceptors (Lipinski definition) is 2. The monoisotopic (exact) mass is 282 g/mol. The van der Waals surface area contributed by atoms with Gasteiger partial charge < -0.3 is 5.73 Å². The Kier molecular flexibility index (Phi) is 11.1. The second kappa shape index (κ2) is 11.3. The van der Waals surface area contributed by atoms with Crippen LogP contribution < -0.4 is 5.73 Å². The average molecular weight is 283 g/mol. The molecule has 0 aliphatic carbocycles. The summed E-state index contributed by atoms with van der Waals surface area (Å²) in [7, 11) is 0. The van der Waals surface area contributed by atoms with Crippen molar-refractivity contribution in [3.63, 3.8) is 0 Å². The van der Waals surface area contributed by atoms with Crippen LogP contribution in [-0.4, -0.2) is 18.8 Å². The van der Waals surface area contributed by atoms with E-state index in [9.17, 15) is 0 Å². The van der Waals surface area contributed by atoms with Crippen molar-refractivity contribution >= 4 is 6.21 Å². The highest BCUT2D eigenvalue weighted by atomic mass is 14.8. The van der Waals surface area contributed by atoms with Crippen LogP contribution in [0.1, 0.15) is 86.0 Å². The Morgan fingerprint density at radius 3 is 2.20 bits per heavy atom. The largest absolute Gasteiger partial charge is 0.330 e. The number of nitrogens with zero attached hydrogens (tertiary/aromatic N) is 1. The SMILES string of the molecule is CCCCCCCCC=NC(C)CC(CN)C(C)(C)C. The van der Waals surface area contributed by atoms with Gasteiger partial charge in [-0.1, -0.05) is 59.8 Å². The predicted molar refractivity (Wildman–Crippen MR) is 92.6 cm³/mol. The Bertz CT molecular complexity index is 240. The van der Waals surface area contributed by atoms with Crippen LogP contribution in [0.3, 0.4) is 0 Å². The van der Waals surface area contributed by atoms with Crippen molar-refractivity contribution in [2.45, 2.75) is 92.0 Å². The summed E-state index contributed by atoms with van der Waals surface area (Å²) in [6, 6.07) is 0.405. The van der Waals surface area contributed by atoms with Crippen LogP contribution in [-0.2, 0) is 0 Å². The molecule has 0 fully saturated rings. The molecule has 2 N–H and O–H groups in total. The van der Waals surface area contributed by atoms with Crippen molar-refractivity contribution in [1.82, 2.24) is 0 Å². The highest BCUT2D eigenvalue weighted by Gasteiger charge is 2.24. The number of rotatable bonds is 11. The molecule has 0 aromatic heterocycles. The summed E-state index contributed by atoms with van der Waals surface area (Å²) >= 11 is 0. The average Bonchev–Trinajstić information content (AvgIpc) is 2.37. The fourth-order valence-electron chi connectivity index (χ4n) is 2.55. The fraction of sp³-hybridized carbons (Fsp3) is 0.944. The van der Waals surface area contributed by atoms with Crippen molar-refractivity contribution in [3.05, 3.63) is 0 Å². The third kappa shape index (κ3) is 10.4. The summed E-state index contributed by atoms with van der Waals surface area (Å²) in [6.45, 7) is 12.1. The minimum absolute atomic E-state index is 0.289. The third-order valence-corrected chi connectivity index (χ3v) is 4.18. The molecular formula is C18H38N2. The number of aliphatic imine (C=N–C) groups is 1. The first kappa shape index (κ1) is 19.6. The molecule has 2 unspecified atom stereocenters. The highest BCUT2D eigenvalue weighted by Crippen LogP contribution is 2.29. The molecule has 0 saturated heterocycles. The zero-order valence-corrected chi connectivity index (χ0v) is 14.6. The first-order valence-electron chi connectivity index (χ1n) is 8.63. The Morgan fingerprint density at radius 2 is 1.65 bits per heavy atom. The van der Waals surface area contributed by atoms with E-state index >= 15 is 0 Å². The molecule has 120 valence electrons. The van der Waals surface area contributed by atoms with Gasteiger partial charge in [0.2, 0.25) is 0 Å². The van der Waals surface area contributed by atoms with Gasteiger partial charge in [0.25, 0.3) is 0 Å². The van der Waals surface area contributed by atoms with Gasteiger partial charge in [0.1, 0.15) is 0 Å². The zero-order chi connectivity index (χ0) is 15.4. The Balaban J connectivity index is 3.74. The number of hydrogen-bond donors (Lipinski definition) is 1. The van der Waals surface area contributed by atoms with E-state index in [1.54, 1.807) is 0 Å². The summed E-state index contributed by atoms with van der Waals surface area (Å²) in [6.07, 6.45) is 12.5. The van der Waals surface area contributed by atoms with Gasteiger partial charge in [-0.3, -0.25) is 4.99 Å². The second-order valence-corrected chi connectivity index (χ2v) is 7.27. The second-order valence-electron chi connectivity index (χ2n) is 7.27. The van der Waals surface area contributed by atoms with E-state index < -0.39 is 0 Å². The Labute approximate surface area is 127 Å². The van der Waals surface area contributed by atoms with Gasteiger partial charge in [-0.25, -0.2) is 0 Å². The topological polar surface area (TPSA) is 38.4 Å². The molecule has 2 atom stereocenters. The van der Waals surface area contributed by atoms with Crippen molar-refractivity contribution < 1.29 is 0 Å². The Hall–Kier alpha value is -0.370. The van der Waals surface area contributed by atoms with Crippen LogP contribution in [0.4, 0.5) is 0 Å². The quantitative estimate of drug-likeness (QED) is 0.410. The fourth-order valence-corrected chi connectivity index (χ4v) is 2.55. The molecule has 0 rings (SSSR count). The van der Waals surface area contributed by atoms with Crippen LogP contribution in [0.25, 0.3) is 0 Å². The van der Waals surface area contributed by atoms with Crippen LogP contribution in [0.5, 0.6) is 0 Å². The van der Waals surface area contributed by atoms with Gasteiger partial charge in [0, 0.05) is 6.04 Å². The molecule has 0 spiro atoms. The lowest BCUT2D eigenvalue weighted by molar-refractivity contribution is 0.223. The van der Waals surface area contributed by atoms with E-state index in [2.05, 4.69) is 45.8 Å². The van der Waals surface area contributed by atoms with E-state index in [-0.39, 0.29) is 5.41 Å². The normalized spacial score (nSPS) is 15.7. The van der Waals surface area contributed by atoms with Crippen molar-refractivity contribution in [1.29, 1.82) is 0 Å². The minimum atomic E-state index is 0.289. The van der Waals surface area contributed by atoms with E-state index in [0.29, 0.717) is 12.0 Å². The zero-order valence-electron chi connectivity index (χ0n) is 14.6. The molecule has 0 aromatic rings. The maximum absolute atomic E-state index is 5.89. The Morgan fingerprint density at radius 1 is 1.05 bits per heavy atom. The van der Waals surface area contributed by atoms with Crippen molar-refractivity contribution in [2.24, 2.45) is 22.1 Å². The van der Waals surface area contributed by atoms with Crippen LogP contribution in [0.15, 0.2) is 4.99 Å². The maximum Gasteiger partial charge on any atom is 0.0470 e. The molecule has 2 heteroatoms. The molecule has 0 saturated carbocycles. The summed E-state index contributed by atoms with van der Waals surface area (Å²) in [5, 5.41) is 0. The lowest BCUT2D eigenvalue weighted by Gasteiger charge is -2.30. The van der Waals surface area contributed by atoms with Gasteiger partial charge in [-0.2, -0.15) is 0 Å². The molecule has 0 aliphatic rings. The van der Waals surface area contributed by atoms with Gasteiger partial charge in [0.05, 0.1) is 0 Å². The van der Waals surface area contributed by atoms with Crippen molar-refractivity contribution in [3.8, 4) is 0 Å². The number of nitrogens with two attached hydrogens (primary N) is 1. The number of unbranched alkanes of at least 4 members (excludes halogenated alkanes) is 6. The lowest BCUT2D eigenvalue weighted by Crippen LogP contribution is -2.30. The lowest BCUT2D eigenvalue weighted by atomic mass is 9.77. The van der Waals surface area contributed by atoms with Gasteiger partial charge in [-0.15, -0.1) is 0 Å². The molecule has 0 heterocycles. The molecule has 0 bridgehead atoms.